The third-order valence-corrected chi connectivity index (χ3v) is 5.12. The summed E-state index contributed by atoms with van der Waals surface area (Å²) in [6.07, 6.45) is 0.932. The number of benzene rings is 2. The van der Waals surface area contributed by atoms with Crippen molar-refractivity contribution in [3.63, 3.8) is 0 Å². The highest BCUT2D eigenvalue weighted by atomic mass is 35.5. The number of quaternary nitrogens is 1. The van der Waals surface area contributed by atoms with Gasteiger partial charge < -0.3 is 19.7 Å². The number of ether oxygens (including phenoxy) is 2. The summed E-state index contributed by atoms with van der Waals surface area (Å²) in [5.41, 5.74) is 3.57. The molecule has 0 saturated heterocycles. The fraction of sp³-hybridized carbons (Fsp3) is 0.409. The van der Waals surface area contributed by atoms with Crippen LogP contribution in [0.15, 0.2) is 36.4 Å². The maximum atomic E-state index is 12.4. The van der Waals surface area contributed by atoms with Gasteiger partial charge in [0.15, 0.2) is 18.0 Å². The van der Waals surface area contributed by atoms with Gasteiger partial charge in [0.1, 0.15) is 6.54 Å². The minimum absolute atomic E-state index is 0.0596. The van der Waals surface area contributed by atoms with E-state index in [4.69, 9.17) is 21.1 Å². The fourth-order valence-corrected chi connectivity index (χ4v) is 3.62. The lowest BCUT2D eigenvalue weighted by Gasteiger charge is -2.26. The molecule has 1 unspecified atom stereocenters. The third kappa shape index (κ3) is 5.40. The molecule has 1 amide bonds. The Morgan fingerprint density at radius 3 is 2.36 bits per heavy atom. The van der Waals surface area contributed by atoms with Gasteiger partial charge in [-0.05, 0) is 49.2 Å². The Morgan fingerprint density at radius 2 is 1.71 bits per heavy atom. The largest absolute Gasteiger partial charge is 0.490 e. The van der Waals surface area contributed by atoms with Crippen molar-refractivity contribution in [1.29, 1.82) is 0 Å². The van der Waals surface area contributed by atoms with Crippen LogP contribution < -0.4 is 19.7 Å². The van der Waals surface area contributed by atoms with E-state index in [9.17, 15) is 4.79 Å². The predicted octanol–water partition coefficient (Wildman–Crippen LogP) is 2.39. The van der Waals surface area contributed by atoms with Crippen LogP contribution in [0.1, 0.15) is 30.5 Å². The average Bonchev–Trinajstić information content (AvgIpc) is 2.68. The Labute approximate surface area is 171 Å². The summed E-state index contributed by atoms with van der Waals surface area (Å²) in [6.45, 7) is 7.89. The SMILES string of the molecule is CCOc1cc2c(cc1OCC)C[NH+](CC(=O)NCc1ccc(Cl)cc1)CC2. The van der Waals surface area contributed by atoms with Crippen molar-refractivity contribution < 1.29 is 19.2 Å². The van der Waals surface area contributed by atoms with E-state index in [1.165, 1.54) is 16.0 Å². The lowest BCUT2D eigenvalue weighted by molar-refractivity contribution is -0.908. The van der Waals surface area contributed by atoms with E-state index in [1.807, 2.05) is 38.1 Å². The van der Waals surface area contributed by atoms with Gasteiger partial charge in [-0.2, -0.15) is 0 Å². The summed E-state index contributed by atoms with van der Waals surface area (Å²) >= 11 is 5.90. The molecule has 3 rings (SSSR count). The Hall–Kier alpha value is -2.24. The van der Waals surface area contributed by atoms with Crippen LogP contribution in [-0.2, 0) is 24.3 Å². The van der Waals surface area contributed by atoms with Crippen molar-refractivity contribution in [3.05, 3.63) is 58.1 Å². The molecular weight excluding hydrogens is 376 g/mol. The van der Waals surface area contributed by atoms with Gasteiger partial charge in [0.25, 0.3) is 5.91 Å². The maximum absolute atomic E-state index is 12.4. The zero-order chi connectivity index (χ0) is 19.9. The topological polar surface area (TPSA) is 52.0 Å². The molecule has 0 fully saturated rings. The minimum Gasteiger partial charge on any atom is -0.490 e. The molecule has 28 heavy (non-hydrogen) atoms. The van der Waals surface area contributed by atoms with Crippen LogP contribution >= 0.6 is 11.6 Å². The van der Waals surface area contributed by atoms with E-state index in [0.717, 1.165) is 36.6 Å². The van der Waals surface area contributed by atoms with Gasteiger partial charge in [0, 0.05) is 23.6 Å². The summed E-state index contributed by atoms with van der Waals surface area (Å²) in [5, 5.41) is 3.70. The molecule has 0 bridgehead atoms. The molecule has 0 saturated carbocycles. The number of rotatable bonds is 8. The van der Waals surface area contributed by atoms with Crippen molar-refractivity contribution in [2.45, 2.75) is 33.4 Å². The van der Waals surface area contributed by atoms with Gasteiger partial charge in [0.05, 0.1) is 19.8 Å². The van der Waals surface area contributed by atoms with Gasteiger partial charge in [-0.15, -0.1) is 0 Å². The number of fused-ring (bicyclic) bond motifs is 1. The number of nitrogens with one attached hydrogen (secondary N) is 2. The van der Waals surface area contributed by atoms with E-state index in [1.54, 1.807) is 0 Å². The van der Waals surface area contributed by atoms with Gasteiger partial charge >= 0.3 is 0 Å². The Morgan fingerprint density at radius 1 is 1.07 bits per heavy atom. The van der Waals surface area contributed by atoms with Gasteiger partial charge in [-0.3, -0.25) is 4.79 Å². The monoisotopic (exact) mass is 403 g/mol. The van der Waals surface area contributed by atoms with Gasteiger partial charge in [-0.25, -0.2) is 0 Å². The van der Waals surface area contributed by atoms with Gasteiger partial charge in [-0.1, -0.05) is 23.7 Å². The zero-order valence-electron chi connectivity index (χ0n) is 16.5. The number of hydrogen-bond donors (Lipinski definition) is 2. The molecule has 0 aromatic heterocycles. The Kier molecular flexibility index (Phi) is 7.18. The molecule has 1 aliphatic heterocycles. The van der Waals surface area contributed by atoms with Crippen LogP contribution in [-0.4, -0.2) is 32.2 Å². The molecule has 0 aliphatic carbocycles. The molecule has 2 N–H and O–H groups in total. The van der Waals surface area contributed by atoms with E-state index in [2.05, 4.69) is 17.4 Å². The highest BCUT2D eigenvalue weighted by molar-refractivity contribution is 6.30. The van der Waals surface area contributed by atoms with E-state index in [-0.39, 0.29) is 5.91 Å². The second-order valence-electron chi connectivity index (χ2n) is 6.94. The summed E-state index contributed by atoms with van der Waals surface area (Å²) in [7, 11) is 0. The minimum atomic E-state index is 0.0596. The first-order valence-electron chi connectivity index (χ1n) is 9.85. The summed E-state index contributed by atoms with van der Waals surface area (Å²) in [5.74, 6) is 1.66. The van der Waals surface area contributed by atoms with Crippen molar-refractivity contribution in [1.82, 2.24) is 5.32 Å². The van der Waals surface area contributed by atoms with E-state index in [0.29, 0.717) is 31.3 Å². The van der Waals surface area contributed by atoms with Gasteiger partial charge in [0.2, 0.25) is 0 Å². The summed E-state index contributed by atoms with van der Waals surface area (Å²) in [4.78, 5) is 13.6. The lowest BCUT2D eigenvalue weighted by atomic mass is 9.98. The van der Waals surface area contributed by atoms with Crippen LogP contribution in [0.4, 0.5) is 0 Å². The molecule has 0 spiro atoms. The Bertz CT molecular complexity index is 808. The first kappa shape index (κ1) is 20.5. The predicted molar refractivity (Wildman–Crippen MR) is 110 cm³/mol. The number of amides is 1. The first-order chi connectivity index (χ1) is 13.6. The number of carbonyl (C=O) groups excluding carboxylic acids is 1. The zero-order valence-corrected chi connectivity index (χ0v) is 17.3. The van der Waals surface area contributed by atoms with Crippen molar-refractivity contribution in [2.24, 2.45) is 0 Å². The highest BCUT2D eigenvalue weighted by Crippen LogP contribution is 2.32. The third-order valence-electron chi connectivity index (χ3n) is 4.87. The van der Waals surface area contributed by atoms with Crippen LogP contribution in [0.2, 0.25) is 5.02 Å². The molecule has 150 valence electrons. The summed E-state index contributed by atoms with van der Waals surface area (Å²) < 4.78 is 11.5. The molecule has 0 radical (unpaired) electrons. The Balaban J connectivity index is 1.58. The molecule has 6 heteroatoms. The van der Waals surface area contributed by atoms with Crippen molar-refractivity contribution in [3.8, 4) is 11.5 Å². The van der Waals surface area contributed by atoms with Crippen molar-refractivity contribution in [2.75, 3.05) is 26.3 Å². The van der Waals surface area contributed by atoms with Crippen molar-refractivity contribution >= 4 is 17.5 Å². The van der Waals surface area contributed by atoms with Crippen LogP contribution in [0, 0.1) is 0 Å². The molecule has 1 aliphatic rings. The average molecular weight is 404 g/mol. The second-order valence-corrected chi connectivity index (χ2v) is 7.38. The lowest BCUT2D eigenvalue weighted by Crippen LogP contribution is -3.12. The summed E-state index contributed by atoms with van der Waals surface area (Å²) in [6, 6.07) is 11.7. The number of carbonyl (C=O) groups is 1. The van der Waals surface area contributed by atoms with E-state index < -0.39 is 0 Å². The molecular formula is C22H28ClN2O3+. The maximum Gasteiger partial charge on any atom is 0.275 e. The van der Waals surface area contributed by atoms with Crippen LogP contribution in [0.3, 0.4) is 0 Å². The fourth-order valence-electron chi connectivity index (χ4n) is 3.49. The van der Waals surface area contributed by atoms with E-state index >= 15 is 0 Å². The van der Waals surface area contributed by atoms with Crippen LogP contribution in [0.25, 0.3) is 0 Å². The number of halogens is 1. The molecule has 1 heterocycles. The molecule has 5 nitrogen and oxygen atoms in total. The quantitative estimate of drug-likeness (QED) is 0.711. The molecule has 1 atom stereocenters. The highest BCUT2D eigenvalue weighted by Gasteiger charge is 2.24. The first-order valence-corrected chi connectivity index (χ1v) is 10.2. The smallest absolute Gasteiger partial charge is 0.275 e. The standard InChI is InChI=1S/C22H27ClN2O3/c1-3-27-20-11-17-9-10-25(14-18(17)12-21(20)28-4-2)15-22(26)24-13-16-5-7-19(23)8-6-16/h5-8,11-12H,3-4,9-10,13-15H2,1-2H3,(H,24,26)/p+1. The second kappa shape index (κ2) is 9.80. The molecule has 2 aromatic rings. The number of hydrogen-bond acceptors (Lipinski definition) is 3. The normalized spacial score (nSPS) is 15.6. The van der Waals surface area contributed by atoms with Crippen LogP contribution in [0.5, 0.6) is 11.5 Å². The molecule has 2 aromatic carbocycles.